The maximum atomic E-state index is 9.58. The highest BCUT2D eigenvalue weighted by Crippen LogP contribution is 2.25. The molecule has 1 aromatic rings. The van der Waals surface area contributed by atoms with Crippen molar-refractivity contribution < 1.29 is 10.2 Å². The number of likely N-dealkylation sites (N-methyl/N-ethyl adjacent to an activating group) is 1. The second kappa shape index (κ2) is 4.44. The van der Waals surface area contributed by atoms with Gasteiger partial charge in [-0.2, -0.15) is 0 Å². The van der Waals surface area contributed by atoms with E-state index in [4.69, 9.17) is 5.11 Å². The average Bonchev–Trinajstić information content (AvgIpc) is 2.16. The number of nitrogens with one attached hydrogen (secondary N) is 1. The highest BCUT2D eigenvalue weighted by atomic mass is 16.3. The Morgan fingerprint density at radius 2 is 1.79 bits per heavy atom. The molecule has 0 aromatic heterocycles. The summed E-state index contributed by atoms with van der Waals surface area (Å²) in [5, 5.41) is 21.7. The predicted molar refractivity (Wildman–Crippen MR) is 56.5 cm³/mol. The highest BCUT2D eigenvalue weighted by molar-refractivity contribution is 5.43. The zero-order chi connectivity index (χ0) is 10.7. The molecule has 0 aliphatic rings. The lowest BCUT2D eigenvalue weighted by Gasteiger charge is -2.15. The smallest absolute Gasteiger partial charge is 0.121 e. The normalized spacial score (nSPS) is 12.9. The second-order valence-corrected chi connectivity index (χ2v) is 3.53. The van der Waals surface area contributed by atoms with Gasteiger partial charge in [-0.3, -0.25) is 0 Å². The molecule has 0 saturated heterocycles. The van der Waals surface area contributed by atoms with Crippen LogP contribution < -0.4 is 5.32 Å². The molecule has 0 aliphatic heterocycles. The Kier molecular flexibility index (Phi) is 3.49. The number of rotatable bonds is 3. The van der Waals surface area contributed by atoms with E-state index in [1.54, 1.807) is 7.05 Å². The summed E-state index contributed by atoms with van der Waals surface area (Å²) >= 11 is 0. The number of aliphatic hydroxyl groups excluding tert-OH is 1. The van der Waals surface area contributed by atoms with Crippen LogP contribution in [0.15, 0.2) is 12.1 Å². The lowest BCUT2D eigenvalue weighted by atomic mass is 10.0. The molecule has 0 heterocycles. The standard InChI is InChI=1S/C11H17NO2/c1-7-4-9(10(6-13)12-3)5-8(2)11(7)14/h4-5,10,12-14H,6H2,1-3H3/t10-/m1/s1. The van der Waals surface area contributed by atoms with Crippen LogP contribution >= 0.6 is 0 Å². The van der Waals surface area contributed by atoms with Gasteiger partial charge in [0.15, 0.2) is 0 Å². The summed E-state index contributed by atoms with van der Waals surface area (Å²) in [4.78, 5) is 0. The first kappa shape index (κ1) is 11.0. The van der Waals surface area contributed by atoms with Crippen LogP contribution in [0.4, 0.5) is 0 Å². The Morgan fingerprint density at radius 1 is 1.29 bits per heavy atom. The number of phenolic OH excluding ortho intramolecular Hbond substituents is 1. The lowest BCUT2D eigenvalue weighted by molar-refractivity contribution is 0.251. The van der Waals surface area contributed by atoms with Crippen LogP contribution in [0, 0.1) is 13.8 Å². The van der Waals surface area contributed by atoms with Crippen LogP contribution in [0.25, 0.3) is 0 Å². The molecule has 1 rings (SSSR count). The highest BCUT2D eigenvalue weighted by Gasteiger charge is 2.10. The van der Waals surface area contributed by atoms with E-state index in [1.165, 1.54) is 0 Å². The molecule has 1 aromatic carbocycles. The minimum absolute atomic E-state index is 0.0557. The molecule has 0 amide bonds. The zero-order valence-corrected chi connectivity index (χ0v) is 8.83. The van der Waals surface area contributed by atoms with Crippen molar-refractivity contribution in [3.63, 3.8) is 0 Å². The number of aliphatic hydroxyl groups is 1. The number of aryl methyl sites for hydroxylation is 2. The van der Waals surface area contributed by atoms with Crippen LogP contribution in [-0.4, -0.2) is 23.9 Å². The monoisotopic (exact) mass is 195 g/mol. The first-order chi connectivity index (χ1) is 6.60. The van der Waals surface area contributed by atoms with Crippen molar-refractivity contribution in [2.75, 3.05) is 13.7 Å². The van der Waals surface area contributed by atoms with E-state index in [1.807, 2.05) is 26.0 Å². The predicted octanol–water partition coefficient (Wildman–Crippen LogP) is 1.26. The molecule has 0 fully saturated rings. The third-order valence-corrected chi connectivity index (χ3v) is 2.45. The van der Waals surface area contributed by atoms with Gasteiger partial charge in [-0.25, -0.2) is 0 Å². The van der Waals surface area contributed by atoms with Crippen molar-refractivity contribution in [3.05, 3.63) is 28.8 Å². The Balaban J connectivity index is 3.11. The summed E-state index contributed by atoms with van der Waals surface area (Å²) < 4.78 is 0. The number of hydrogen-bond donors (Lipinski definition) is 3. The Labute approximate surface area is 84.4 Å². The summed E-state index contributed by atoms with van der Waals surface area (Å²) in [7, 11) is 1.80. The third-order valence-electron chi connectivity index (χ3n) is 2.45. The lowest BCUT2D eigenvalue weighted by Crippen LogP contribution is -2.20. The maximum Gasteiger partial charge on any atom is 0.121 e. The van der Waals surface area contributed by atoms with Gasteiger partial charge in [-0.15, -0.1) is 0 Å². The molecule has 0 radical (unpaired) electrons. The van der Waals surface area contributed by atoms with Crippen molar-refractivity contribution in [2.24, 2.45) is 0 Å². The Morgan fingerprint density at radius 3 is 2.14 bits per heavy atom. The first-order valence-corrected chi connectivity index (χ1v) is 4.68. The molecule has 3 nitrogen and oxygen atoms in total. The minimum Gasteiger partial charge on any atom is -0.507 e. The zero-order valence-electron chi connectivity index (χ0n) is 8.83. The molecule has 3 N–H and O–H groups in total. The second-order valence-electron chi connectivity index (χ2n) is 3.53. The molecule has 0 bridgehead atoms. The van der Waals surface area contributed by atoms with Crippen molar-refractivity contribution in [2.45, 2.75) is 19.9 Å². The van der Waals surface area contributed by atoms with Gasteiger partial charge >= 0.3 is 0 Å². The molecule has 0 spiro atoms. The topological polar surface area (TPSA) is 52.5 Å². The van der Waals surface area contributed by atoms with Gasteiger partial charge in [0.1, 0.15) is 5.75 Å². The van der Waals surface area contributed by atoms with E-state index in [-0.39, 0.29) is 12.6 Å². The van der Waals surface area contributed by atoms with Crippen LogP contribution in [0.5, 0.6) is 5.75 Å². The number of aromatic hydroxyl groups is 1. The molecule has 0 aliphatic carbocycles. The van der Waals surface area contributed by atoms with Gasteiger partial charge in [0.25, 0.3) is 0 Å². The summed E-state index contributed by atoms with van der Waals surface area (Å²) in [6.45, 7) is 3.77. The van der Waals surface area contributed by atoms with Gasteiger partial charge in [0.2, 0.25) is 0 Å². The fourth-order valence-electron chi connectivity index (χ4n) is 1.55. The molecule has 0 saturated carbocycles. The van der Waals surface area contributed by atoms with E-state index >= 15 is 0 Å². The summed E-state index contributed by atoms with van der Waals surface area (Å²) in [5.41, 5.74) is 2.69. The van der Waals surface area contributed by atoms with Crippen LogP contribution in [0.3, 0.4) is 0 Å². The number of phenols is 1. The fraction of sp³-hybridized carbons (Fsp3) is 0.455. The minimum atomic E-state index is -0.0620. The van der Waals surface area contributed by atoms with E-state index in [0.29, 0.717) is 5.75 Å². The van der Waals surface area contributed by atoms with E-state index in [9.17, 15) is 5.11 Å². The fourth-order valence-corrected chi connectivity index (χ4v) is 1.55. The molecule has 78 valence electrons. The van der Waals surface area contributed by atoms with Gasteiger partial charge in [-0.1, -0.05) is 12.1 Å². The van der Waals surface area contributed by atoms with Gasteiger partial charge in [-0.05, 0) is 37.6 Å². The van der Waals surface area contributed by atoms with E-state index < -0.39 is 0 Å². The van der Waals surface area contributed by atoms with Crippen molar-refractivity contribution >= 4 is 0 Å². The average molecular weight is 195 g/mol. The van der Waals surface area contributed by atoms with E-state index in [0.717, 1.165) is 16.7 Å². The SMILES string of the molecule is CN[C@H](CO)c1cc(C)c(O)c(C)c1. The third kappa shape index (κ3) is 2.05. The van der Waals surface area contributed by atoms with Crippen molar-refractivity contribution in [1.29, 1.82) is 0 Å². The number of benzene rings is 1. The maximum absolute atomic E-state index is 9.58. The summed E-state index contributed by atoms with van der Waals surface area (Å²) in [6, 6.07) is 3.72. The Hall–Kier alpha value is -1.06. The summed E-state index contributed by atoms with van der Waals surface area (Å²) in [5.74, 6) is 0.335. The first-order valence-electron chi connectivity index (χ1n) is 4.68. The van der Waals surface area contributed by atoms with Crippen molar-refractivity contribution in [1.82, 2.24) is 5.32 Å². The molecule has 1 atom stereocenters. The Bertz CT molecular complexity index is 296. The van der Waals surface area contributed by atoms with Gasteiger partial charge in [0.05, 0.1) is 12.6 Å². The molecule has 3 heteroatoms. The molecular weight excluding hydrogens is 178 g/mol. The number of hydrogen-bond acceptors (Lipinski definition) is 3. The molecule has 14 heavy (non-hydrogen) atoms. The molecular formula is C11H17NO2. The summed E-state index contributed by atoms with van der Waals surface area (Å²) in [6.07, 6.45) is 0. The molecule has 0 unspecified atom stereocenters. The van der Waals surface area contributed by atoms with Gasteiger partial charge < -0.3 is 15.5 Å². The van der Waals surface area contributed by atoms with Crippen molar-refractivity contribution in [3.8, 4) is 5.75 Å². The quantitative estimate of drug-likeness (QED) is 0.680. The van der Waals surface area contributed by atoms with Crippen LogP contribution in [0.1, 0.15) is 22.7 Å². The van der Waals surface area contributed by atoms with E-state index in [2.05, 4.69) is 5.32 Å². The van der Waals surface area contributed by atoms with Crippen LogP contribution in [0.2, 0.25) is 0 Å². The van der Waals surface area contributed by atoms with Crippen LogP contribution in [-0.2, 0) is 0 Å². The van der Waals surface area contributed by atoms with Gasteiger partial charge in [0, 0.05) is 0 Å². The largest absolute Gasteiger partial charge is 0.507 e.